The predicted molar refractivity (Wildman–Crippen MR) is 132 cm³/mol. The molecule has 1 aromatic carbocycles. The molecule has 0 aromatic heterocycles. The SMILES string of the molecule is COc1cc(C=CC(=O)N2CCN(C(C)C(=O)NC3CCCCCC3)CC2)cc(OC)c1OC. The Morgan fingerprint density at radius 3 is 2.06 bits per heavy atom. The minimum Gasteiger partial charge on any atom is -0.493 e. The van der Waals surface area contributed by atoms with Gasteiger partial charge in [-0.1, -0.05) is 25.7 Å². The largest absolute Gasteiger partial charge is 0.493 e. The van der Waals surface area contributed by atoms with Crippen molar-refractivity contribution in [2.24, 2.45) is 0 Å². The van der Waals surface area contributed by atoms with Gasteiger partial charge in [0, 0.05) is 38.3 Å². The van der Waals surface area contributed by atoms with Gasteiger partial charge in [-0.25, -0.2) is 0 Å². The highest BCUT2D eigenvalue weighted by molar-refractivity contribution is 5.92. The highest BCUT2D eigenvalue weighted by Crippen LogP contribution is 2.38. The normalized spacial score (nSPS) is 18.9. The second-order valence-corrected chi connectivity index (χ2v) is 9.03. The van der Waals surface area contributed by atoms with E-state index in [1.165, 1.54) is 25.7 Å². The lowest BCUT2D eigenvalue weighted by atomic mass is 10.1. The Kier molecular flexibility index (Phi) is 9.62. The summed E-state index contributed by atoms with van der Waals surface area (Å²) in [4.78, 5) is 29.5. The monoisotopic (exact) mass is 473 g/mol. The van der Waals surface area contributed by atoms with Gasteiger partial charge in [0.25, 0.3) is 0 Å². The zero-order valence-corrected chi connectivity index (χ0v) is 21.0. The fourth-order valence-electron chi connectivity index (χ4n) is 4.71. The van der Waals surface area contributed by atoms with E-state index >= 15 is 0 Å². The Labute approximate surface area is 203 Å². The number of ether oxygens (including phenoxy) is 3. The van der Waals surface area contributed by atoms with Crippen molar-refractivity contribution in [3.8, 4) is 17.2 Å². The maximum atomic E-state index is 12.8. The predicted octanol–water partition coefficient (Wildman–Crippen LogP) is 3.10. The van der Waals surface area contributed by atoms with Crippen molar-refractivity contribution >= 4 is 17.9 Å². The van der Waals surface area contributed by atoms with Crippen molar-refractivity contribution in [3.05, 3.63) is 23.8 Å². The molecule has 1 atom stereocenters. The maximum absolute atomic E-state index is 12.8. The number of carbonyl (C=O) groups excluding carboxylic acids is 2. The van der Waals surface area contributed by atoms with Crippen LogP contribution in [0.5, 0.6) is 17.2 Å². The Morgan fingerprint density at radius 2 is 1.53 bits per heavy atom. The zero-order valence-electron chi connectivity index (χ0n) is 21.0. The molecule has 188 valence electrons. The molecule has 1 saturated heterocycles. The number of amides is 2. The highest BCUT2D eigenvalue weighted by atomic mass is 16.5. The molecule has 1 N–H and O–H groups in total. The van der Waals surface area contributed by atoms with E-state index < -0.39 is 0 Å². The standard InChI is InChI=1S/C26H39N3O5/c1-19(26(31)27-21-9-7-5-6-8-10-21)28-13-15-29(16-14-28)24(30)12-11-20-17-22(32-2)25(34-4)23(18-20)33-3/h11-12,17-19,21H,5-10,13-16H2,1-4H3,(H,27,31). The second-order valence-electron chi connectivity index (χ2n) is 9.03. The molecule has 0 radical (unpaired) electrons. The van der Waals surface area contributed by atoms with Crippen LogP contribution in [0.1, 0.15) is 51.0 Å². The molecule has 3 rings (SSSR count). The molecule has 2 amide bonds. The molecule has 1 aliphatic carbocycles. The molecule has 8 nitrogen and oxygen atoms in total. The van der Waals surface area contributed by atoms with Gasteiger partial charge in [-0.05, 0) is 43.5 Å². The molecule has 2 fully saturated rings. The highest BCUT2D eigenvalue weighted by Gasteiger charge is 2.28. The van der Waals surface area contributed by atoms with Crippen molar-refractivity contribution in [2.75, 3.05) is 47.5 Å². The number of methoxy groups -OCH3 is 3. The van der Waals surface area contributed by atoms with E-state index in [4.69, 9.17) is 14.2 Å². The summed E-state index contributed by atoms with van der Waals surface area (Å²) in [6.07, 6.45) is 10.4. The average molecular weight is 474 g/mol. The number of hydrogen-bond donors (Lipinski definition) is 1. The third-order valence-corrected chi connectivity index (χ3v) is 6.86. The van der Waals surface area contributed by atoms with Gasteiger partial charge in [0.1, 0.15) is 0 Å². The van der Waals surface area contributed by atoms with Crippen LogP contribution in [-0.2, 0) is 9.59 Å². The van der Waals surface area contributed by atoms with Crippen LogP contribution in [0.3, 0.4) is 0 Å². The molecule has 34 heavy (non-hydrogen) atoms. The van der Waals surface area contributed by atoms with Gasteiger partial charge in [0.05, 0.1) is 27.4 Å². The van der Waals surface area contributed by atoms with Gasteiger partial charge in [0.15, 0.2) is 11.5 Å². The van der Waals surface area contributed by atoms with E-state index in [0.717, 1.165) is 18.4 Å². The van der Waals surface area contributed by atoms with Crippen LogP contribution < -0.4 is 19.5 Å². The molecule has 0 spiro atoms. The fraction of sp³-hybridized carbons (Fsp3) is 0.615. The Hall–Kier alpha value is -2.74. The number of benzene rings is 1. The molecular weight excluding hydrogens is 434 g/mol. The third-order valence-electron chi connectivity index (χ3n) is 6.86. The smallest absolute Gasteiger partial charge is 0.246 e. The number of nitrogens with zero attached hydrogens (tertiary/aromatic N) is 2. The van der Waals surface area contributed by atoms with E-state index in [9.17, 15) is 9.59 Å². The first-order valence-electron chi connectivity index (χ1n) is 12.3. The quantitative estimate of drug-likeness (QED) is 0.462. The molecule has 1 saturated carbocycles. The van der Waals surface area contributed by atoms with Crippen molar-refractivity contribution in [3.63, 3.8) is 0 Å². The van der Waals surface area contributed by atoms with Gasteiger partial charge in [-0.15, -0.1) is 0 Å². The van der Waals surface area contributed by atoms with E-state index in [1.807, 2.05) is 11.8 Å². The van der Waals surface area contributed by atoms with Gasteiger partial charge in [-0.2, -0.15) is 0 Å². The molecule has 1 aliphatic heterocycles. The molecule has 1 heterocycles. The van der Waals surface area contributed by atoms with Crippen molar-refractivity contribution < 1.29 is 23.8 Å². The van der Waals surface area contributed by atoms with Crippen LogP contribution in [0.4, 0.5) is 0 Å². The lowest BCUT2D eigenvalue weighted by molar-refractivity contribution is -0.130. The Balaban J connectivity index is 1.52. The summed E-state index contributed by atoms with van der Waals surface area (Å²) in [7, 11) is 4.68. The zero-order chi connectivity index (χ0) is 24.5. The summed E-state index contributed by atoms with van der Waals surface area (Å²) in [5, 5.41) is 3.25. The minimum absolute atomic E-state index is 0.0519. The Morgan fingerprint density at radius 1 is 0.941 bits per heavy atom. The van der Waals surface area contributed by atoms with Crippen molar-refractivity contribution in [2.45, 2.75) is 57.5 Å². The van der Waals surface area contributed by atoms with Gasteiger partial charge >= 0.3 is 0 Å². The summed E-state index contributed by atoms with van der Waals surface area (Å²) in [5.74, 6) is 1.65. The van der Waals surface area contributed by atoms with E-state index in [-0.39, 0.29) is 17.9 Å². The van der Waals surface area contributed by atoms with Gasteiger partial charge in [-0.3, -0.25) is 14.5 Å². The first-order chi connectivity index (χ1) is 16.5. The van der Waals surface area contributed by atoms with E-state index in [1.54, 1.807) is 45.6 Å². The Bertz CT molecular complexity index is 831. The number of nitrogens with one attached hydrogen (secondary N) is 1. The summed E-state index contributed by atoms with van der Waals surface area (Å²) >= 11 is 0. The number of piperazine rings is 1. The summed E-state index contributed by atoms with van der Waals surface area (Å²) in [5.41, 5.74) is 0.783. The van der Waals surface area contributed by atoms with Gasteiger partial charge < -0.3 is 24.4 Å². The van der Waals surface area contributed by atoms with E-state index in [2.05, 4.69) is 10.2 Å². The van der Waals surface area contributed by atoms with Crippen LogP contribution in [0.15, 0.2) is 18.2 Å². The molecule has 0 bridgehead atoms. The average Bonchev–Trinajstić information content (AvgIpc) is 3.14. The number of carbonyl (C=O) groups is 2. The second kappa shape index (κ2) is 12.6. The van der Waals surface area contributed by atoms with Gasteiger partial charge in [0.2, 0.25) is 17.6 Å². The first-order valence-corrected chi connectivity index (χ1v) is 12.3. The van der Waals surface area contributed by atoms with Crippen molar-refractivity contribution in [1.82, 2.24) is 15.1 Å². The summed E-state index contributed by atoms with van der Waals surface area (Å²) in [6.45, 7) is 4.53. The maximum Gasteiger partial charge on any atom is 0.246 e. The van der Waals surface area contributed by atoms with Crippen LogP contribution >= 0.6 is 0 Å². The summed E-state index contributed by atoms with van der Waals surface area (Å²) in [6, 6.07) is 3.73. The number of rotatable bonds is 8. The van der Waals surface area contributed by atoms with Crippen LogP contribution in [0.25, 0.3) is 6.08 Å². The van der Waals surface area contributed by atoms with Crippen LogP contribution in [-0.4, -0.2) is 81.2 Å². The topological polar surface area (TPSA) is 80.3 Å². The molecular formula is C26H39N3O5. The van der Waals surface area contributed by atoms with E-state index in [0.29, 0.717) is 49.5 Å². The lowest BCUT2D eigenvalue weighted by Crippen LogP contribution is -2.55. The lowest BCUT2D eigenvalue weighted by Gasteiger charge is -2.37. The number of hydrogen-bond acceptors (Lipinski definition) is 6. The third kappa shape index (κ3) is 6.65. The van der Waals surface area contributed by atoms with Crippen molar-refractivity contribution in [1.29, 1.82) is 0 Å². The van der Waals surface area contributed by atoms with Crippen LogP contribution in [0.2, 0.25) is 0 Å². The molecule has 1 aromatic rings. The van der Waals surface area contributed by atoms with Crippen LogP contribution in [0, 0.1) is 0 Å². The summed E-state index contributed by atoms with van der Waals surface area (Å²) < 4.78 is 16.1. The molecule has 2 aliphatic rings. The minimum atomic E-state index is -0.185. The molecule has 1 unspecified atom stereocenters. The molecule has 8 heteroatoms. The fourth-order valence-corrected chi connectivity index (χ4v) is 4.71. The first kappa shape index (κ1) is 25.9.